The lowest BCUT2D eigenvalue weighted by atomic mass is 10.0. The summed E-state index contributed by atoms with van der Waals surface area (Å²) >= 11 is 0. The van der Waals surface area contributed by atoms with Gasteiger partial charge in [-0.1, -0.05) is 26.7 Å². The monoisotopic (exact) mass is 236 g/mol. The predicted octanol–water partition coefficient (Wildman–Crippen LogP) is 3.32. The molecular formula is C14H24N2O. The highest BCUT2D eigenvalue weighted by Gasteiger charge is 2.10. The van der Waals surface area contributed by atoms with E-state index in [1.54, 1.807) is 6.20 Å². The van der Waals surface area contributed by atoms with Crippen molar-refractivity contribution in [1.29, 1.82) is 0 Å². The molecule has 0 spiro atoms. The van der Waals surface area contributed by atoms with E-state index in [-0.39, 0.29) is 0 Å². The fourth-order valence-corrected chi connectivity index (χ4v) is 1.91. The summed E-state index contributed by atoms with van der Waals surface area (Å²) in [5, 5.41) is 3.51. The molecule has 0 aromatic carbocycles. The summed E-state index contributed by atoms with van der Waals surface area (Å²) in [4.78, 5) is 4.25. The van der Waals surface area contributed by atoms with Gasteiger partial charge in [-0.05, 0) is 31.5 Å². The number of ether oxygens (including phenoxy) is 1. The van der Waals surface area contributed by atoms with Crippen LogP contribution in [0.2, 0.25) is 0 Å². The molecule has 0 bridgehead atoms. The van der Waals surface area contributed by atoms with Crippen LogP contribution < -0.4 is 10.1 Å². The Labute approximate surface area is 105 Å². The summed E-state index contributed by atoms with van der Waals surface area (Å²) in [7, 11) is 0. The molecule has 0 radical (unpaired) electrons. The smallest absolute Gasteiger partial charge is 0.137 e. The molecule has 0 aliphatic rings. The fraction of sp³-hybridized carbons (Fsp3) is 0.643. The van der Waals surface area contributed by atoms with E-state index in [0.29, 0.717) is 12.6 Å². The largest absolute Gasteiger partial charge is 0.492 e. The molecule has 1 rings (SSSR count). The number of pyridine rings is 1. The third kappa shape index (κ3) is 4.73. The van der Waals surface area contributed by atoms with Gasteiger partial charge in [0.05, 0.1) is 12.8 Å². The van der Waals surface area contributed by atoms with E-state index in [0.717, 1.165) is 18.7 Å². The van der Waals surface area contributed by atoms with Crippen molar-refractivity contribution in [2.45, 2.75) is 46.1 Å². The Morgan fingerprint density at radius 2 is 2.12 bits per heavy atom. The van der Waals surface area contributed by atoms with Crippen LogP contribution in [-0.2, 0) is 0 Å². The molecule has 1 heterocycles. The molecule has 1 aromatic rings. The van der Waals surface area contributed by atoms with Gasteiger partial charge in [-0.2, -0.15) is 0 Å². The van der Waals surface area contributed by atoms with Crippen molar-refractivity contribution in [3.8, 4) is 5.75 Å². The van der Waals surface area contributed by atoms with Crippen molar-refractivity contribution < 1.29 is 4.74 Å². The van der Waals surface area contributed by atoms with Crippen LogP contribution in [0.3, 0.4) is 0 Å². The van der Waals surface area contributed by atoms with Gasteiger partial charge >= 0.3 is 0 Å². The fourth-order valence-electron chi connectivity index (χ4n) is 1.91. The maximum atomic E-state index is 5.49. The topological polar surface area (TPSA) is 34.2 Å². The van der Waals surface area contributed by atoms with E-state index in [4.69, 9.17) is 4.74 Å². The van der Waals surface area contributed by atoms with Crippen LogP contribution in [0, 0.1) is 0 Å². The maximum Gasteiger partial charge on any atom is 0.137 e. The van der Waals surface area contributed by atoms with Gasteiger partial charge in [0.1, 0.15) is 5.75 Å². The Balaban J connectivity index is 2.73. The Kier molecular flexibility index (Phi) is 6.63. The molecule has 0 saturated carbocycles. The zero-order valence-electron chi connectivity index (χ0n) is 11.2. The van der Waals surface area contributed by atoms with E-state index in [9.17, 15) is 0 Å². The molecule has 0 aliphatic carbocycles. The quantitative estimate of drug-likeness (QED) is 0.752. The number of nitrogens with one attached hydrogen (secondary N) is 1. The Morgan fingerprint density at radius 1 is 1.29 bits per heavy atom. The molecule has 1 atom stereocenters. The second-order valence-corrected chi connectivity index (χ2v) is 4.14. The molecule has 1 aromatic heterocycles. The lowest BCUT2D eigenvalue weighted by Gasteiger charge is -2.18. The molecule has 0 saturated heterocycles. The molecule has 17 heavy (non-hydrogen) atoms. The summed E-state index contributed by atoms with van der Waals surface area (Å²) in [5.74, 6) is 0.865. The first kappa shape index (κ1) is 14.0. The molecule has 3 nitrogen and oxygen atoms in total. The summed E-state index contributed by atoms with van der Waals surface area (Å²) in [5.41, 5.74) is 1.23. The zero-order valence-corrected chi connectivity index (χ0v) is 11.2. The first-order valence-electron chi connectivity index (χ1n) is 6.62. The van der Waals surface area contributed by atoms with Gasteiger partial charge < -0.3 is 10.1 Å². The molecule has 1 unspecified atom stereocenters. The van der Waals surface area contributed by atoms with Crippen LogP contribution in [-0.4, -0.2) is 18.1 Å². The minimum Gasteiger partial charge on any atom is -0.492 e. The van der Waals surface area contributed by atoms with Gasteiger partial charge in [-0.15, -0.1) is 0 Å². The minimum atomic E-state index is 0.396. The second kappa shape index (κ2) is 8.07. The van der Waals surface area contributed by atoms with Crippen LogP contribution in [0.1, 0.15) is 51.6 Å². The van der Waals surface area contributed by atoms with Crippen LogP contribution in [0.15, 0.2) is 18.5 Å². The van der Waals surface area contributed by atoms with E-state index in [1.165, 1.54) is 18.4 Å². The van der Waals surface area contributed by atoms with Crippen molar-refractivity contribution in [2.75, 3.05) is 13.2 Å². The molecule has 0 amide bonds. The number of aromatic nitrogens is 1. The Bertz CT molecular complexity index is 315. The minimum absolute atomic E-state index is 0.396. The van der Waals surface area contributed by atoms with Crippen LogP contribution >= 0.6 is 0 Å². The van der Waals surface area contributed by atoms with Crippen molar-refractivity contribution in [3.63, 3.8) is 0 Å². The maximum absolute atomic E-state index is 5.49. The number of nitrogens with zero attached hydrogens (tertiary/aromatic N) is 1. The van der Waals surface area contributed by atoms with Gasteiger partial charge in [0.25, 0.3) is 0 Å². The standard InChI is InChI=1S/C14H24N2O/c1-4-7-8-14(16-5-2)12-9-13(17-6-3)11-15-10-12/h9-11,14,16H,4-8H2,1-3H3. The van der Waals surface area contributed by atoms with Crippen molar-refractivity contribution in [3.05, 3.63) is 24.0 Å². The van der Waals surface area contributed by atoms with Crippen molar-refractivity contribution >= 4 is 0 Å². The highest BCUT2D eigenvalue weighted by molar-refractivity contribution is 5.26. The summed E-state index contributed by atoms with van der Waals surface area (Å²) in [6.07, 6.45) is 7.32. The second-order valence-electron chi connectivity index (χ2n) is 4.14. The average molecular weight is 236 g/mol. The van der Waals surface area contributed by atoms with E-state index >= 15 is 0 Å². The van der Waals surface area contributed by atoms with Crippen LogP contribution in [0.5, 0.6) is 5.75 Å². The van der Waals surface area contributed by atoms with E-state index in [2.05, 4.69) is 30.2 Å². The first-order valence-corrected chi connectivity index (χ1v) is 6.62. The van der Waals surface area contributed by atoms with E-state index < -0.39 is 0 Å². The molecule has 0 aliphatic heterocycles. The lowest BCUT2D eigenvalue weighted by Crippen LogP contribution is -2.21. The molecular weight excluding hydrogens is 212 g/mol. The summed E-state index contributed by atoms with van der Waals surface area (Å²) in [6, 6.07) is 2.49. The van der Waals surface area contributed by atoms with Crippen molar-refractivity contribution in [2.24, 2.45) is 0 Å². The summed E-state index contributed by atoms with van der Waals surface area (Å²) in [6.45, 7) is 8.02. The normalized spacial score (nSPS) is 12.4. The predicted molar refractivity (Wildman–Crippen MR) is 71.3 cm³/mol. The molecule has 1 N–H and O–H groups in total. The SMILES string of the molecule is CCCCC(NCC)c1cncc(OCC)c1. The third-order valence-corrected chi connectivity index (χ3v) is 2.74. The van der Waals surface area contributed by atoms with Gasteiger partial charge in [0, 0.05) is 12.2 Å². The lowest BCUT2D eigenvalue weighted by molar-refractivity contribution is 0.337. The van der Waals surface area contributed by atoms with Gasteiger partial charge in [0.2, 0.25) is 0 Å². The van der Waals surface area contributed by atoms with Crippen molar-refractivity contribution in [1.82, 2.24) is 10.3 Å². The molecule has 0 fully saturated rings. The van der Waals surface area contributed by atoms with E-state index in [1.807, 2.05) is 13.1 Å². The molecule has 96 valence electrons. The summed E-state index contributed by atoms with van der Waals surface area (Å²) < 4.78 is 5.49. The van der Waals surface area contributed by atoms with Crippen LogP contribution in [0.25, 0.3) is 0 Å². The molecule has 3 heteroatoms. The zero-order chi connectivity index (χ0) is 12.5. The third-order valence-electron chi connectivity index (χ3n) is 2.74. The van der Waals surface area contributed by atoms with Crippen LogP contribution in [0.4, 0.5) is 0 Å². The van der Waals surface area contributed by atoms with Gasteiger partial charge in [-0.3, -0.25) is 4.98 Å². The number of unbranched alkanes of at least 4 members (excludes halogenated alkanes) is 1. The Hall–Kier alpha value is -1.09. The average Bonchev–Trinajstić information content (AvgIpc) is 2.35. The highest BCUT2D eigenvalue weighted by Crippen LogP contribution is 2.22. The number of rotatable bonds is 8. The Morgan fingerprint density at radius 3 is 2.76 bits per heavy atom. The highest BCUT2D eigenvalue weighted by atomic mass is 16.5. The van der Waals surface area contributed by atoms with Gasteiger partial charge in [-0.25, -0.2) is 0 Å². The number of hydrogen-bond donors (Lipinski definition) is 1. The number of hydrogen-bond acceptors (Lipinski definition) is 3. The van der Waals surface area contributed by atoms with Gasteiger partial charge in [0.15, 0.2) is 0 Å². The first-order chi connectivity index (χ1) is 8.31.